The Balaban J connectivity index is 1.80. The number of amides is 1. The van der Waals surface area contributed by atoms with Gasteiger partial charge in [-0.1, -0.05) is 45.0 Å². The van der Waals surface area contributed by atoms with Gasteiger partial charge in [0.1, 0.15) is 0 Å². The van der Waals surface area contributed by atoms with Crippen molar-refractivity contribution in [2.75, 3.05) is 19.6 Å². The van der Waals surface area contributed by atoms with E-state index in [1.165, 1.54) is 11.1 Å². The highest BCUT2D eigenvalue weighted by Crippen LogP contribution is 2.47. The van der Waals surface area contributed by atoms with Crippen LogP contribution in [0, 0.1) is 5.92 Å². The monoisotopic (exact) mass is 274 g/mol. The van der Waals surface area contributed by atoms with Crippen LogP contribution in [0.5, 0.6) is 0 Å². The number of benzene rings is 1. The quantitative estimate of drug-likeness (QED) is 0.751. The summed E-state index contributed by atoms with van der Waals surface area (Å²) in [7, 11) is 0. The summed E-state index contributed by atoms with van der Waals surface area (Å²) in [4.78, 5) is 12.0. The summed E-state index contributed by atoms with van der Waals surface area (Å²) >= 11 is 0. The number of nitrogens with one attached hydrogen (secondary N) is 2. The van der Waals surface area contributed by atoms with Gasteiger partial charge in [0.05, 0.1) is 0 Å². The Kier molecular flexibility index (Phi) is 5.18. The van der Waals surface area contributed by atoms with Crippen molar-refractivity contribution in [1.29, 1.82) is 0 Å². The number of likely N-dealkylation sites (N-methyl/N-ethyl adjacent to an activating group) is 1. The first-order valence-electron chi connectivity index (χ1n) is 7.71. The van der Waals surface area contributed by atoms with Crippen molar-refractivity contribution in [1.82, 2.24) is 10.6 Å². The Morgan fingerprint density at radius 2 is 1.95 bits per heavy atom. The summed E-state index contributed by atoms with van der Waals surface area (Å²) in [6.07, 6.45) is 0.994. The predicted molar refractivity (Wildman–Crippen MR) is 82.9 cm³/mol. The molecule has 0 bridgehead atoms. The summed E-state index contributed by atoms with van der Waals surface area (Å²) in [6.45, 7) is 8.99. The zero-order valence-electron chi connectivity index (χ0n) is 12.8. The molecule has 0 aromatic heterocycles. The van der Waals surface area contributed by atoms with Gasteiger partial charge < -0.3 is 10.6 Å². The van der Waals surface area contributed by atoms with E-state index in [1.54, 1.807) is 0 Å². The molecule has 0 spiro atoms. The normalized spacial score (nSPS) is 21.0. The zero-order valence-corrected chi connectivity index (χ0v) is 12.8. The molecular weight excluding hydrogens is 248 g/mol. The Morgan fingerprint density at radius 1 is 1.25 bits per heavy atom. The highest BCUT2D eigenvalue weighted by atomic mass is 16.2. The lowest BCUT2D eigenvalue weighted by molar-refractivity contribution is -0.122. The zero-order chi connectivity index (χ0) is 14.5. The van der Waals surface area contributed by atoms with E-state index in [4.69, 9.17) is 0 Å². The van der Waals surface area contributed by atoms with Crippen LogP contribution in [-0.4, -0.2) is 25.5 Å². The van der Waals surface area contributed by atoms with Crippen LogP contribution >= 0.6 is 0 Å². The Labute approximate surface area is 122 Å². The minimum atomic E-state index is 0.182. The lowest BCUT2D eigenvalue weighted by atomic mass is 10.00. The van der Waals surface area contributed by atoms with Crippen molar-refractivity contribution in [3.63, 3.8) is 0 Å². The Morgan fingerprint density at radius 3 is 2.55 bits per heavy atom. The maximum absolute atomic E-state index is 12.0. The van der Waals surface area contributed by atoms with E-state index in [9.17, 15) is 4.79 Å². The molecule has 1 aliphatic carbocycles. The van der Waals surface area contributed by atoms with Crippen molar-refractivity contribution in [3.8, 4) is 0 Å². The third kappa shape index (κ3) is 3.83. The number of carbonyl (C=O) groups excluding carboxylic acids is 1. The van der Waals surface area contributed by atoms with Crippen molar-refractivity contribution < 1.29 is 4.79 Å². The molecular formula is C17H26N2O. The van der Waals surface area contributed by atoms with Gasteiger partial charge in [-0.3, -0.25) is 4.79 Å². The van der Waals surface area contributed by atoms with Crippen LogP contribution in [0.3, 0.4) is 0 Å². The molecule has 2 unspecified atom stereocenters. The van der Waals surface area contributed by atoms with Crippen LogP contribution < -0.4 is 10.6 Å². The van der Waals surface area contributed by atoms with Crippen molar-refractivity contribution in [2.45, 2.75) is 39.0 Å². The van der Waals surface area contributed by atoms with Gasteiger partial charge in [0.25, 0.3) is 0 Å². The van der Waals surface area contributed by atoms with E-state index < -0.39 is 0 Å². The summed E-state index contributed by atoms with van der Waals surface area (Å²) in [6, 6.07) is 8.76. The fourth-order valence-electron chi connectivity index (χ4n) is 2.56. The van der Waals surface area contributed by atoms with Crippen LogP contribution in [-0.2, 0) is 4.79 Å². The van der Waals surface area contributed by atoms with Gasteiger partial charge in [-0.05, 0) is 35.9 Å². The summed E-state index contributed by atoms with van der Waals surface area (Å²) < 4.78 is 0. The van der Waals surface area contributed by atoms with Crippen LogP contribution in [0.4, 0.5) is 0 Å². The largest absolute Gasteiger partial charge is 0.355 e. The van der Waals surface area contributed by atoms with Crippen LogP contribution in [0.15, 0.2) is 24.3 Å². The van der Waals surface area contributed by atoms with Crippen molar-refractivity contribution >= 4 is 5.91 Å². The lowest BCUT2D eigenvalue weighted by Crippen LogP contribution is -2.32. The first-order chi connectivity index (χ1) is 9.63. The molecule has 1 aliphatic rings. The first kappa shape index (κ1) is 15.0. The van der Waals surface area contributed by atoms with Crippen LogP contribution in [0.2, 0.25) is 0 Å². The summed E-state index contributed by atoms with van der Waals surface area (Å²) in [5, 5.41) is 6.22. The molecule has 1 fully saturated rings. The van der Waals surface area contributed by atoms with Gasteiger partial charge in [0.15, 0.2) is 0 Å². The number of carbonyl (C=O) groups is 1. The highest BCUT2D eigenvalue weighted by Gasteiger charge is 2.43. The molecule has 0 saturated heterocycles. The molecule has 2 atom stereocenters. The van der Waals surface area contributed by atoms with E-state index in [1.807, 2.05) is 0 Å². The maximum atomic E-state index is 12.0. The smallest absolute Gasteiger partial charge is 0.223 e. The highest BCUT2D eigenvalue weighted by molar-refractivity contribution is 5.82. The molecule has 110 valence electrons. The molecule has 1 saturated carbocycles. The molecule has 1 aromatic carbocycles. The molecule has 3 nitrogen and oxygen atoms in total. The van der Waals surface area contributed by atoms with Crippen LogP contribution in [0.25, 0.3) is 0 Å². The van der Waals surface area contributed by atoms with E-state index in [-0.39, 0.29) is 11.8 Å². The van der Waals surface area contributed by atoms with E-state index in [2.05, 4.69) is 55.7 Å². The second kappa shape index (κ2) is 6.89. The van der Waals surface area contributed by atoms with E-state index in [0.717, 1.165) is 26.1 Å². The molecule has 2 N–H and O–H groups in total. The van der Waals surface area contributed by atoms with Gasteiger partial charge in [-0.25, -0.2) is 0 Å². The van der Waals surface area contributed by atoms with Crippen molar-refractivity contribution in [3.05, 3.63) is 35.4 Å². The molecule has 0 radical (unpaired) electrons. The third-order valence-electron chi connectivity index (χ3n) is 4.01. The third-order valence-corrected chi connectivity index (χ3v) is 4.01. The fourth-order valence-corrected chi connectivity index (χ4v) is 2.56. The van der Waals surface area contributed by atoms with Gasteiger partial charge in [0.2, 0.25) is 5.91 Å². The first-order valence-corrected chi connectivity index (χ1v) is 7.71. The summed E-state index contributed by atoms with van der Waals surface area (Å²) in [5.41, 5.74) is 2.67. The maximum Gasteiger partial charge on any atom is 0.223 e. The molecule has 1 amide bonds. The van der Waals surface area contributed by atoms with Gasteiger partial charge >= 0.3 is 0 Å². The standard InChI is InChI=1S/C17H26N2O/c1-4-18-9-10-19-17(20)16-11-15(16)14-7-5-13(6-8-14)12(2)3/h5-8,12,15-16,18H,4,9-11H2,1-3H3,(H,19,20). The fraction of sp³-hybridized carbons (Fsp3) is 0.588. The average Bonchev–Trinajstić information content (AvgIpc) is 3.24. The molecule has 2 rings (SSSR count). The minimum Gasteiger partial charge on any atom is -0.355 e. The van der Waals surface area contributed by atoms with Crippen molar-refractivity contribution in [2.24, 2.45) is 5.92 Å². The second-order valence-electron chi connectivity index (χ2n) is 5.91. The molecule has 1 aromatic rings. The Hall–Kier alpha value is -1.35. The number of hydrogen-bond acceptors (Lipinski definition) is 2. The van der Waals surface area contributed by atoms with Gasteiger partial charge in [-0.15, -0.1) is 0 Å². The molecule has 0 aliphatic heterocycles. The van der Waals surface area contributed by atoms with Gasteiger partial charge in [-0.2, -0.15) is 0 Å². The second-order valence-corrected chi connectivity index (χ2v) is 5.91. The molecule has 20 heavy (non-hydrogen) atoms. The molecule has 3 heteroatoms. The summed E-state index contributed by atoms with van der Waals surface area (Å²) in [5.74, 6) is 1.38. The average molecular weight is 274 g/mol. The SMILES string of the molecule is CCNCCNC(=O)C1CC1c1ccc(C(C)C)cc1. The minimum absolute atomic E-state index is 0.182. The number of rotatable bonds is 7. The van der Waals surface area contributed by atoms with E-state index in [0.29, 0.717) is 11.8 Å². The van der Waals surface area contributed by atoms with E-state index >= 15 is 0 Å². The lowest BCUT2D eigenvalue weighted by Gasteiger charge is -2.07. The Bertz CT molecular complexity index is 439. The van der Waals surface area contributed by atoms with Gasteiger partial charge in [0, 0.05) is 19.0 Å². The topological polar surface area (TPSA) is 41.1 Å². The number of hydrogen-bond donors (Lipinski definition) is 2. The predicted octanol–water partition coefficient (Wildman–Crippen LogP) is 2.64. The molecule has 0 heterocycles. The van der Waals surface area contributed by atoms with Crippen LogP contribution in [0.1, 0.15) is 50.2 Å².